The summed E-state index contributed by atoms with van der Waals surface area (Å²) in [6.45, 7) is 2.06. The highest BCUT2D eigenvalue weighted by Crippen LogP contribution is 2.27. The van der Waals surface area contributed by atoms with Crippen LogP contribution in [0.25, 0.3) is 0 Å². The molecule has 0 aromatic carbocycles. The molecule has 108 valence electrons. The van der Waals surface area contributed by atoms with E-state index >= 15 is 0 Å². The number of aryl methyl sites for hydroxylation is 2. The number of rotatable bonds is 4. The molecule has 1 aliphatic heterocycles. The molecule has 7 heteroatoms. The molecule has 0 radical (unpaired) electrons. The van der Waals surface area contributed by atoms with Gasteiger partial charge >= 0.3 is 0 Å². The fourth-order valence-electron chi connectivity index (χ4n) is 2.59. The summed E-state index contributed by atoms with van der Waals surface area (Å²) in [7, 11) is -0.966. The maximum Gasteiger partial charge on any atom is 0.150 e. The summed E-state index contributed by atoms with van der Waals surface area (Å²) >= 11 is 3.56. The molecular weight excluding hydrogens is 330 g/mol. The van der Waals surface area contributed by atoms with Gasteiger partial charge < -0.3 is 5.73 Å². The Balaban J connectivity index is 2.11. The average molecular weight is 350 g/mol. The van der Waals surface area contributed by atoms with Crippen molar-refractivity contribution in [3.8, 4) is 0 Å². The van der Waals surface area contributed by atoms with Crippen molar-refractivity contribution in [2.75, 3.05) is 11.5 Å². The number of hydrogen-bond acceptors (Lipinski definition) is 4. The smallest absolute Gasteiger partial charge is 0.150 e. The quantitative estimate of drug-likeness (QED) is 0.881. The summed E-state index contributed by atoms with van der Waals surface area (Å²) in [5.41, 5.74) is 8.26. The Hall–Kier alpha value is -0.400. The van der Waals surface area contributed by atoms with Gasteiger partial charge in [0.05, 0.1) is 27.4 Å². The van der Waals surface area contributed by atoms with Crippen molar-refractivity contribution >= 4 is 25.8 Å². The van der Waals surface area contributed by atoms with E-state index in [1.807, 2.05) is 11.7 Å². The van der Waals surface area contributed by atoms with Crippen LogP contribution < -0.4 is 5.73 Å². The lowest BCUT2D eigenvalue weighted by Crippen LogP contribution is -2.33. The van der Waals surface area contributed by atoms with Crippen molar-refractivity contribution in [3.05, 3.63) is 15.9 Å². The lowest BCUT2D eigenvalue weighted by molar-refractivity contribution is 0.450. The summed E-state index contributed by atoms with van der Waals surface area (Å²) in [5.74, 6) is 0.569. The molecule has 1 fully saturated rings. The van der Waals surface area contributed by atoms with E-state index in [9.17, 15) is 8.42 Å². The minimum Gasteiger partial charge on any atom is -0.327 e. The molecule has 1 aliphatic rings. The second-order valence-corrected chi connectivity index (χ2v) is 8.24. The van der Waals surface area contributed by atoms with Crippen molar-refractivity contribution in [3.63, 3.8) is 0 Å². The van der Waals surface area contributed by atoms with Crippen LogP contribution in [0.1, 0.15) is 24.7 Å². The molecule has 2 heterocycles. The highest BCUT2D eigenvalue weighted by Gasteiger charge is 2.32. The van der Waals surface area contributed by atoms with Gasteiger partial charge in [-0.05, 0) is 34.7 Å². The minimum atomic E-state index is -2.87. The first-order valence-electron chi connectivity index (χ1n) is 6.50. The van der Waals surface area contributed by atoms with E-state index < -0.39 is 9.84 Å². The summed E-state index contributed by atoms with van der Waals surface area (Å²) in [4.78, 5) is 0. The van der Waals surface area contributed by atoms with Crippen LogP contribution >= 0.6 is 15.9 Å². The fraction of sp³-hybridized carbons (Fsp3) is 0.750. The Morgan fingerprint density at radius 3 is 2.74 bits per heavy atom. The van der Waals surface area contributed by atoms with Gasteiger partial charge in [0.2, 0.25) is 0 Å². The van der Waals surface area contributed by atoms with E-state index in [1.165, 1.54) is 0 Å². The number of nitrogens with zero attached hydrogens (tertiary/aromatic N) is 2. The van der Waals surface area contributed by atoms with Gasteiger partial charge in [0.1, 0.15) is 0 Å². The molecule has 2 unspecified atom stereocenters. The highest BCUT2D eigenvalue weighted by atomic mass is 79.9. The molecular formula is C12H20BrN3O2S. The molecule has 0 saturated carbocycles. The first kappa shape index (κ1) is 15.0. The zero-order chi connectivity index (χ0) is 14.2. The van der Waals surface area contributed by atoms with Gasteiger partial charge in [-0.15, -0.1) is 0 Å². The highest BCUT2D eigenvalue weighted by molar-refractivity contribution is 9.10. The lowest BCUT2D eigenvalue weighted by Gasteiger charge is -2.18. The van der Waals surface area contributed by atoms with E-state index in [0.29, 0.717) is 12.8 Å². The normalized spacial score (nSPS) is 23.7. The van der Waals surface area contributed by atoms with E-state index in [4.69, 9.17) is 5.73 Å². The Kier molecular flexibility index (Phi) is 4.37. The Labute approximate surface area is 122 Å². The number of halogens is 1. The lowest BCUT2D eigenvalue weighted by atomic mass is 9.96. The van der Waals surface area contributed by atoms with Gasteiger partial charge in [-0.3, -0.25) is 4.68 Å². The van der Waals surface area contributed by atoms with E-state index in [2.05, 4.69) is 28.0 Å². The van der Waals surface area contributed by atoms with Crippen LogP contribution in [0.3, 0.4) is 0 Å². The average Bonchev–Trinajstić information content (AvgIpc) is 2.83. The zero-order valence-corrected chi connectivity index (χ0v) is 13.7. The number of sulfone groups is 1. The standard InChI is InChI=1S/C12H20BrN3O2S/c1-3-10-12(13)11(16(2)15-10)6-9(14)8-4-5-19(17,18)7-8/h8-9H,3-7,14H2,1-2H3. The largest absolute Gasteiger partial charge is 0.327 e. The first-order chi connectivity index (χ1) is 8.84. The molecule has 1 aromatic rings. The summed E-state index contributed by atoms with van der Waals surface area (Å²) in [6, 6.07) is -0.131. The van der Waals surface area contributed by atoms with E-state index in [0.717, 1.165) is 22.3 Å². The molecule has 2 rings (SSSR count). The van der Waals surface area contributed by atoms with Gasteiger partial charge in [-0.25, -0.2) is 8.42 Å². The van der Waals surface area contributed by atoms with Gasteiger partial charge in [0, 0.05) is 19.5 Å². The SMILES string of the molecule is CCc1nn(C)c(CC(N)C2CCS(=O)(=O)C2)c1Br. The van der Waals surface area contributed by atoms with Crippen LogP contribution in [0, 0.1) is 5.92 Å². The molecule has 0 bridgehead atoms. The molecule has 2 atom stereocenters. The van der Waals surface area contributed by atoms with Crippen molar-refractivity contribution in [1.82, 2.24) is 9.78 Å². The first-order valence-corrected chi connectivity index (χ1v) is 9.11. The Morgan fingerprint density at radius 2 is 2.26 bits per heavy atom. The molecule has 5 nitrogen and oxygen atoms in total. The fourth-order valence-corrected chi connectivity index (χ4v) is 5.27. The van der Waals surface area contributed by atoms with Crippen LogP contribution in [-0.4, -0.2) is 35.7 Å². The van der Waals surface area contributed by atoms with E-state index in [1.54, 1.807) is 0 Å². The third-order valence-electron chi connectivity index (χ3n) is 3.81. The monoisotopic (exact) mass is 349 g/mol. The molecule has 0 aliphatic carbocycles. The van der Waals surface area contributed by atoms with Crippen molar-refractivity contribution < 1.29 is 8.42 Å². The van der Waals surface area contributed by atoms with Crippen molar-refractivity contribution in [1.29, 1.82) is 0 Å². The number of hydrogen-bond donors (Lipinski definition) is 1. The number of nitrogens with two attached hydrogens (primary N) is 1. The molecule has 1 saturated heterocycles. The predicted octanol–water partition coefficient (Wildman–Crippen LogP) is 1.05. The minimum absolute atomic E-state index is 0.0666. The van der Waals surface area contributed by atoms with Crippen molar-refractivity contribution in [2.45, 2.75) is 32.2 Å². The molecule has 0 spiro atoms. The van der Waals surface area contributed by atoms with Gasteiger partial charge in [-0.1, -0.05) is 6.92 Å². The molecule has 2 N–H and O–H groups in total. The third kappa shape index (κ3) is 3.20. The Morgan fingerprint density at radius 1 is 1.58 bits per heavy atom. The third-order valence-corrected chi connectivity index (χ3v) is 6.51. The second kappa shape index (κ2) is 5.54. The van der Waals surface area contributed by atoms with Crippen LogP contribution in [0.4, 0.5) is 0 Å². The maximum atomic E-state index is 11.5. The molecule has 0 amide bonds. The molecule has 19 heavy (non-hydrogen) atoms. The van der Waals surface area contributed by atoms with Crippen LogP contribution in [-0.2, 0) is 29.7 Å². The van der Waals surface area contributed by atoms with Crippen LogP contribution in [0.5, 0.6) is 0 Å². The van der Waals surface area contributed by atoms with Gasteiger partial charge in [-0.2, -0.15) is 5.10 Å². The summed E-state index contributed by atoms with van der Waals surface area (Å²) in [6.07, 6.45) is 2.20. The number of aromatic nitrogens is 2. The zero-order valence-electron chi connectivity index (χ0n) is 11.3. The Bertz CT molecular complexity index is 568. The topological polar surface area (TPSA) is 78.0 Å². The maximum absolute atomic E-state index is 11.5. The predicted molar refractivity (Wildman–Crippen MR) is 78.7 cm³/mol. The van der Waals surface area contributed by atoms with Crippen molar-refractivity contribution in [2.24, 2.45) is 18.7 Å². The van der Waals surface area contributed by atoms with Crippen LogP contribution in [0.15, 0.2) is 4.47 Å². The van der Waals surface area contributed by atoms with Gasteiger partial charge in [0.25, 0.3) is 0 Å². The molecule has 1 aromatic heterocycles. The summed E-state index contributed by atoms with van der Waals surface area (Å²) < 4.78 is 25.8. The summed E-state index contributed by atoms with van der Waals surface area (Å²) in [5, 5.41) is 4.43. The second-order valence-electron chi connectivity index (χ2n) is 5.22. The van der Waals surface area contributed by atoms with Gasteiger partial charge in [0.15, 0.2) is 9.84 Å². The van der Waals surface area contributed by atoms with Crippen LogP contribution in [0.2, 0.25) is 0 Å². The van der Waals surface area contributed by atoms with E-state index in [-0.39, 0.29) is 23.5 Å².